The van der Waals surface area contributed by atoms with E-state index in [1.54, 1.807) is 0 Å². The van der Waals surface area contributed by atoms with Crippen molar-refractivity contribution >= 4 is 11.7 Å². The maximum atomic E-state index is 11.1. The minimum atomic E-state index is -0.365. The number of carbonyl (C=O) groups excluding carboxylic acids is 1. The van der Waals surface area contributed by atoms with Crippen LogP contribution in [-0.4, -0.2) is 13.1 Å². The third kappa shape index (κ3) is 3.72. The SMILES string of the molecule is COC(=O)C=C(C)Nc1ccc(-c2ccccc2)cc1. The number of hydrogen-bond acceptors (Lipinski definition) is 3. The first kappa shape index (κ1) is 13.9. The zero-order chi connectivity index (χ0) is 14.4. The first-order valence-corrected chi connectivity index (χ1v) is 6.38. The number of methoxy groups -OCH3 is 1. The van der Waals surface area contributed by atoms with Gasteiger partial charge < -0.3 is 10.1 Å². The van der Waals surface area contributed by atoms with Gasteiger partial charge in [0.25, 0.3) is 0 Å². The molecule has 0 aliphatic heterocycles. The van der Waals surface area contributed by atoms with Crippen LogP contribution in [0.25, 0.3) is 11.1 Å². The van der Waals surface area contributed by atoms with Crippen LogP contribution in [0.15, 0.2) is 66.4 Å². The molecular formula is C17H17NO2. The van der Waals surface area contributed by atoms with Crippen LogP contribution in [0.2, 0.25) is 0 Å². The molecule has 102 valence electrons. The van der Waals surface area contributed by atoms with E-state index < -0.39 is 0 Å². The van der Waals surface area contributed by atoms with E-state index in [0.29, 0.717) is 0 Å². The van der Waals surface area contributed by atoms with Crippen molar-refractivity contribution in [2.24, 2.45) is 0 Å². The summed E-state index contributed by atoms with van der Waals surface area (Å²) < 4.78 is 4.58. The van der Waals surface area contributed by atoms with Crippen molar-refractivity contribution in [3.05, 3.63) is 66.4 Å². The molecule has 0 radical (unpaired) electrons. The highest BCUT2D eigenvalue weighted by Crippen LogP contribution is 2.21. The molecule has 2 rings (SSSR count). The van der Waals surface area contributed by atoms with Crippen LogP contribution in [0, 0.1) is 0 Å². The van der Waals surface area contributed by atoms with Gasteiger partial charge in [-0.1, -0.05) is 42.5 Å². The predicted octanol–water partition coefficient (Wildman–Crippen LogP) is 3.84. The summed E-state index contributed by atoms with van der Waals surface area (Å²) in [5, 5.41) is 3.15. The molecule has 2 aromatic carbocycles. The van der Waals surface area contributed by atoms with Gasteiger partial charge in [0.05, 0.1) is 7.11 Å². The third-order valence-corrected chi connectivity index (χ3v) is 2.87. The summed E-state index contributed by atoms with van der Waals surface area (Å²) in [5.41, 5.74) is 4.01. The maximum absolute atomic E-state index is 11.1. The van der Waals surface area contributed by atoms with Crippen LogP contribution in [-0.2, 0) is 9.53 Å². The average Bonchev–Trinajstić information content (AvgIpc) is 2.48. The summed E-state index contributed by atoms with van der Waals surface area (Å²) in [6.07, 6.45) is 1.42. The van der Waals surface area contributed by atoms with Gasteiger partial charge in [0.15, 0.2) is 0 Å². The lowest BCUT2D eigenvalue weighted by Gasteiger charge is -2.08. The molecule has 0 heterocycles. The normalized spacial score (nSPS) is 11.0. The Labute approximate surface area is 118 Å². The van der Waals surface area contributed by atoms with Gasteiger partial charge in [-0.2, -0.15) is 0 Å². The third-order valence-electron chi connectivity index (χ3n) is 2.87. The number of benzene rings is 2. The summed E-state index contributed by atoms with van der Waals surface area (Å²) in [5.74, 6) is -0.365. The lowest BCUT2D eigenvalue weighted by atomic mass is 10.1. The fraction of sp³-hybridized carbons (Fsp3) is 0.118. The standard InChI is InChI=1S/C17H17NO2/c1-13(12-17(19)20-2)18-16-10-8-15(9-11-16)14-6-4-3-5-7-14/h3-12,18H,1-2H3. The van der Waals surface area contributed by atoms with E-state index in [2.05, 4.69) is 22.2 Å². The van der Waals surface area contributed by atoms with Gasteiger partial charge >= 0.3 is 5.97 Å². The second kappa shape index (κ2) is 6.57. The predicted molar refractivity (Wildman–Crippen MR) is 81.3 cm³/mol. The van der Waals surface area contributed by atoms with Crippen LogP contribution < -0.4 is 5.32 Å². The highest BCUT2D eigenvalue weighted by molar-refractivity contribution is 5.83. The highest BCUT2D eigenvalue weighted by Gasteiger charge is 1.99. The van der Waals surface area contributed by atoms with E-state index in [1.165, 1.54) is 18.7 Å². The fourth-order valence-electron chi connectivity index (χ4n) is 1.88. The summed E-state index contributed by atoms with van der Waals surface area (Å²) in [4.78, 5) is 11.1. The molecule has 0 spiro atoms. The van der Waals surface area contributed by atoms with Crippen molar-refractivity contribution in [2.75, 3.05) is 12.4 Å². The molecule has 2 aromatic rings. The number of carbonyl (C=O) groups is 1. The number of rotatable bonds is 4. The molecule has 0 saturated carbocycles. The van der Waals surface area contributed by atoms with Crippen LogP contribution in [0.3, 0.4) is 0 Å². The Balaban J connectivity index is 2.09. The van der Waals surface area contributed by atoms with Crippen LogP contribution in [0.5, 0.6) is 0 Å². The first-order valence-electron chi connectivity index (χ1n) is 6.38. The molecule has 0 amide bonds. The van der Waals surface area contributed by atoms with Gasteiger partial charge in [0.1, 0.15) is 0 Å². The molecule has 3 nitrogen and oxygen atoms in total. The van der Waals surface area contributed by atoms with E-state index in [9.17, 15) is 4.79 Å². The molecule has 0 unspecified atom stereocenters. The van der Waals surface area contributed by atoms with E-state index >= 15 is 0 Å². The molecule has 0 fully saturated rings. The van der Waals surface area contributed by atoms with Crippen molar-refractivity contribution in [1.82, 2.24) is 0 Å². The molecular weight excluding hydrogens is 250 g/mol. The Morgan fingerprint density at radius 3 is 2.20 bits per heavy atom. The molecule has 0 aliphatic carbocycles. The van der Waals surface area contributed by atoms with Gasteiger partial charge in [0.2, 0.25) is 0 Å². The Bertz CT molecular complexity index is 601. The number of anilines is 1. The molecule has 0 saturated heterocycles. The topological polar surface area (TPSA) is 38.3 Å². The van der Waals surface area contributed by atoms with Gasteiger partial charge in [-0.25, -0.2) is 4.79 Å². The monoisotopic (exact) mass is 267 g/mol. The summed E-state index contributed by atoms with van der Waals surface area (Å²) in [6.45, 7) is 1.82. The lowest BCUT2D eigenvalue weighted by molar-refractivity contribution is -0.134. The minimum Gasteiger partial charge on any atom is -0.466 e. The summed E-state index contributed by atoms with van der Waals surface area (Å²) in [6, 6.07) is 18.2. The lowest BCUT2D eigenvalue weighted by Crippen LogP contribution is -2.01. The van der Waals surface area contributed by atoms with Crippen molar-refractivity contribution in [3.63, 3.8) is 0 Å². The Morgan fingerprint density at radius 2 is 1.60 bits per heavy atom. The molecule has 0 atom stereocenters. The van der Waals surface area contributed by atoms with Crippen LogP contribution in [0.1, 0.15) is 6.92 Å². The van der Waals surface area contributed by atoms with Gasteiger partial charge in [-0.3, -0.25) is 0 Å². The molecule has 0 aliphatic rings. The number of esters is 1. The quantitative estimate of drug-likeness (QED) is 0.675. The zero-order valence-electron chi connectivity index (χ0n) is 11.6. The Hall–Kier alpha value is -2.55. The molecule has 3 heteroatoms. The Morgan fingerprint density at radius 1 is 1.00 bits per heavy atom. The molecule has 1 N–H and O–H groups in total. The van der Waals surface area contributed by atoms with E-state index in [0.717, 1.165) is 16.9 Å². The Kier molecular flexibility index (Phi) is 4.56. The van der Waals surface area contributed by atoms with Gasteiger partial charge in [-0.15, -0.1) is 0 Å². The van der Waals surface area contributed by atoms with Crippen LogP contribution >= 0.6 is 0 Å². The second-order valence-electron chi connectivity index (χ2n) is 4.42. The van der Waals surface area contributed by atoms with Gasteiger partial charge in [-0.05, 0) is 30.2 Å². The number of hydrogen-bond donors (Lipinski definition) is 1. The van der Waals surface area contributed by atoms with Crippen LogP contribution in [0.4, 0.5) is 5.69 Å². The van der Waals surface area contributed by atoms with E-state index in [1.807, 2.05) is 49.4 Å². The smallest absolute Gasteiger partial charge is 0.332 e. The zero-order valence-corrected chi connectivity index (χ0v) is 11.6. The van der Waals surface area contributed by atoms with Crippen molar-refractivity contribution in [2.45, 2.75) is 6.92 Å². The van der Waals surface area contributed by atoms with Gasteiger partial charge in [0, 0.05) is 17.5 Å². The molecule has 0 aromatic heterocycles. The minimum absolute atomic E-state index is 0.365. The number of nitrogens with one attached hydrogen (secondary N) is 1. The number of allylic oxidation sites excluding steroid dienone is 1. The fourth-order valence-corrected chi connectivity index (χ4v) is 1.88. The van der Waals surface area contributed by atoms with E-state index in [-0.39, 0.29) is 5.97 Å². The van der Waals surface area contributed by atoms with Crippen molar-refractivity contribution in [3.8, 4) is 11.1 Å². The summed E-state index contributed by atoms with van der Waals surface area (Å²) >= 11 is 0. The number of ether oxygens (including phenoxy) is 1. The average molecular weight is 267 g/mol. The molecule has 20 heavy (non-hydrogen) atoms. The van der Waals surface area contributed by atoms with Crippen molar-refractivity contribution < 1.29 is 9.53 Å². The van der Waals surface area contributed by atoms with E-state index in [4.69, 9.17) is 0 Å². The molecule has 0 bridgehead atoms. The largest absolute Gasteiger partial charge is 0.466 e. The summed E-state index contributed by atoms with van der Waals surface area (Å²) in [7, 11) is 1.36. The second-order valence-corrected chi connectivity index (χ2v) is 4.42. The first-order chi connectivity index (χ1) is 9.69. The maximum Gasteiger partial charge on any atom is 0.332 e. The van der Waals surface area contributed by atoms with Crippen molar-refractivity contribution in [1.29, 1.82) is 0 Å². The highest BCUT2D eigenvalue weighted by atomic mass is 16.5.